The van der Waals surface area contributed by atoms with Crippen LogP contribution in [0.1, 0.15) is 31.0 Å². The highest BCUT2D eigenvalue weighted by Gasteiger charge is 2.06. The van der Waals surface area contributed by atoms with E-state index in [1.807, 2.05) is 24.3 Å². The standard InChI is InChI=1S/C13H14ClNO2/c1-9(2)10-3-5-12(6-4-10)17-13-15-11(7-14)8-16-13/h3-6,8-9H,7H2,1-2H3. The smallest absolute Gasteiger partial charge is 0.399 e. The van der Waals surface area contributed by atoms with Gasteiger partial charge in [-0.3, -0.25) is 0 Å². The second-order valence-electron chi connectivity index (χ2n) is 4.06. The number of halogens is 1. The van der Waals surface area contributed by atoms with Gasteiger partial charge in [0.15, 0.2) is 0 Å². The molecule has 0 amide bonds. The van der Waals surface area contributed by atoms with Gasteiger partial charge in [-0.15, -0.1) is 11.6 Å². The minimum Gasteiger partial charge on any atom is -0.417 e. The molecule has 3 nitrogen and oxygen atoms in total. The number of alkyl halides is 1. The lowest BCUT2D eigenvalue weighted by Gasteiger charge is -2.05. The number of aromatic nitrogens is 1. The molecule has 4 heteroatoms. The van der Waals surface area contributed by atoms with Crippen LogP contribution >= 0.6 is 11.6 Å². The molecule has 0 aliphatic heterocycles. The van der Waals surface area contributed by atoms with E-state index >= 15 is 0 Å². The van der Waals surface area contributed by atoms with Gasteiger partial charge < -0.3 is 9.15 Å². The number of oxazole rings is 1. The zero-order valence-corrected chi connectivity index (χ0v) is 10.6. The molecule has 0 aliphatic rings. The molecule has 0 saturated heterocycles. The summed E-state index contributed by atoms with van der Waals surface area (Å²) in [7, 11) is 0. The molecule has 0 saturated carbocycles. The summed E-state index contributed by atoms with van der Waals surface area (Å²) in [6.45, 7) is 4.30. The van der Waals surface area contributed by atoms with Crippen molar-refractivity contribution in [2.24, 2.45) is 0 Å². The van der Waals surface area contributed by atoms with Gasteiger partial charge in [0.25, 0.3) is 0 Å². The average molecular weight is 252 g/mol. The zero-order valence-electron chi connectivity index (χ0n) is 9.81. The lowest BCUT2D eigenvalue weighted by atomic mass is 10.0. The number of benzene rings is 1. The maximum absolute atomic E-state index is 5.62. The van der Waals surface area contributed by atoms with Gasteiger partial charge in [-0.25, -0.2) is 0 Å². The maximum atomic E-state index is 5.62. The number of ether oxygens (including phenoxy) is 1. The third-order valence-electron chi connectivity index (χ3n) is 2.42. The fourth-order valence-corrected chi connectivity index (χ4v) is 1.54. The summed E-state index contributed by atoms with van der Waals surface area (Å²) in [5.41, 5.74) is 1.94. The Balaban J connectivity index is 2.08. The van der Waals surface area contributed by atoms with Crippen LogP contribution < -0.4 is 4.74 Å². The largest absolute Gasteiger partial charge is 0.417 e. The fraction of sp³-hybridized carbons (Fsp3) is 0.308. The fourth-order valence-electron chi connectivity index (χ4n) is 1.42. The van der Waals surface area contributed by atoms with E-state index in [0.717, 1.165) is 0 Å². The first kappa shape index (κ1) is 12.0. The average Bonchev–Trinajstić information content (AvgIpc) is 2.77. The monoisotopic (exact) mass is 251 g/mol. The molecule has 0 radical (unpaired) electrons. The molecule has 0 unspecified atom stereocenters. The predicted octanol–water partition coefficient (Wildman–Crippen LogP) is 4.33. The van der Waals surface area contributed by atoms with Gasteiger partial charge in [0, 0.05) is 0 Å². The highest BCUT2D eigenvalue weighted by Crippen LogP contribution is 2.23. The molecule has 90 valence electrons. The second kappa shape index (κ2) is 5.23. The minimum absolute atomic E-state index is 0.220. The number of nitrogens with zero attached hydrogens (tertiary/aromatic N) is 1. The van der Waals surface area contributed by atoms with Crippen molar-refractivity contribution in [1.82, 2.24) is 4.98 Å². The molecular formula is C13H14ClNO2. The molecular weight excluding hydrogens is 238 g/mol. The predicted molar refractivity (Wildman–Crippen MR) is 66.7 cm³/mol. The van der Waals surface area contributed by atoms with Crippen molar-refractivity contribution in [3.05, 3.63) is 41.8 Å². The topological polar surface area (TPSA) is 35.3 Å². The molecule has 2 rings (SSSR count). The number of hydrogen-bond acceptors (Lipinski definition) is 3. The molecule has 0 bridgehead atoms. The Morgan fingerprint density at radius 1 is 1.29 bits per heavy atom. The zero-order chi connectivity index (χ0) is 12.3. The van der Waals surface area contributed by atoms with Gasteiger partial charge in [0.1, 0.15) is 12.0 Å². The summed E-state index contributed by atoms with van der Waals surface area (Å²) in [4.78, 5) is 4.06. The molecule has 0 aliphatic carbocycles. The normalized spacial score (nSPS) is 10.8. The van der Waals surface area contributed by atoms with Crippen molar-refractivity contribution in [2.75, 3.05) is 0 Å². The van der Waals surface area contributed by atoms with E-state index in [2.05, 4.69) is 18.8 Å². The van der Waals surface area contributed by atoms with Gasteiger partial charge in [0.05, 0.1) is 11.6 Å². The third kappa shape index (κ3) is 3.01. The van der Waals surface area contributed by atoms with Gasteiger partial charge in [-0.2, -0.15) is 4.98 Å². The molecule has 0 spiro atoms. The lowest BCUT2D eigenvalue weighted by Crippen LogP contribution is -1.88. The first-order valence-electron chi connectivity index (χ1n) is 5.47. The summed E-state index contributed by atoms with van der Waals surface area (Å²) in [6, 6.07) is 7.87. The van der Waals surface area contributed by atoms with Crippen LogP contribution in [0.25, 0.3) is 0 Å². The Morgan fingerprint density at radius 2 is 2.00 bits per heavy atom. The van der Waals surface area contributed by atoms with E-state index in [1.165, 1.54) is 11.8 Å². The molecule has 1 aromatic carbocycles. The Morgan fingerprint density at radius 3 is 2.53 bits per heavy atom. The van der Waals surface area contributed by atoms with E-state index in [0.29, 0.717) is 23.2 Å². The first-order valence-corrected chi connectivity index (χ1v) is 6.00. The quantitative estimate of drug-likeness (QED) is 0.759. The van der Waals surface area contributed by atoms with E-state index in [4.69, 9.17) is 20.8 Å². The molecule has 0 N–H and O–H groups in total. The first-order chi connectivity index (χ1) is 8.19. The van der Waals surface area contributed by atoms with Crippen molar-refractivity contribution in [3.63, 3.8) is 0 Å². The van der Waals surface area contributed by atoms with Crippen LogP contribution in [0.2, 0.25) is 0 Å². The Labute approximate surface area is 105 Å². The molecule has 0 fully saturated rings. The van der Waals surface area contributed by atoms with Crippen LogP contribution in [-0.2, 0) is 5.88 Å². The SMILES string of the molecule is CC(C)c1ccc(Oc2nc(CCl)co2)cc1. The number of rotatable bonds is 4. The Hall–Kier alpha value is -1.48. The summed E-state index contributed by atoms with van der Waals surface area (Å²) in [5.74, 6) is 1.53. The van der Waals surface area contributed by atoms with Gasteiger partial charge in [0.2, 0.25) is 0 Å². The third-order valence-corrected chi connectivity index (χ3v) is 2.69. The van der Waals surface area contributed by atoms with Crippen LogP contribution in [-0.4, -0.2) is 4.98 Å². The second-order valence-corrected chi connectivity index (χ2v) is 4.33. The highest BCUT2D eigenvalue weighted by atomic mass is 35.5. The van der Waals surface area contributed by atoms with Crippen LogP contribution in [0.15, 0.2) is 34.9 Å². The van der Waals surface area contributed by atoms with Crippen molar-refractivity contribution in [3.8, 4) is 11.8 Å². The van der Waals surface area contributed by atoms with Crippen molar-refractivity contribution in [2.45, 2.75) is 25.6 Å². The Kier molecular flexibility index (Phi) is 3.69. The van der Waals surface area contributed by atoms with Gasteiger partial charge in [-0.05, 0) is 23.6 Å². The summed E-state index contributed by atoms with van der Waals surface area (Å²) < 4.78 is 10.6. The maximum Gasteiger partial charge on any atom is 0.399 e. The van der Waals surface area contributed by atoms with Crippen molar-refractivity contribution in [1.29, 1.82) is 0 Å². The molecule has 0 atom stereocenters. The molecule has 17 heavy (non-hydrogen) atoms. The van der Waals surface area contributed by atoms with Crippen LogP contribution in [0.4, 0.5) is 0 Å². The minimum atomic E-state index is 0.220. The van der Waals surface area contributed by atoms with E-state index in [1.54, 1.807) is 0 Å². The molecule has 2 aromatic rings. The Bertz CT molecular complexity index is 476. The van der Waals surface area contributed by atoms with Crippen LogP contribution in [0, 0.1) is 0 Å². The van der Waals surface area contributed by atoms with Gasteiger partial charge in [-0.1, -0.05) is 26.0 Å². The van der Waals surface area contributed by atoms with Crippen molar-refractivity contribution < 1.29 is 9.15 Å². The van der Waals surface area contributed by atoms with Crippen LogP contribution in [0.3, 0.4) is 0 Å². The van der Waals surface area contributed by atoms with Gasteiger partial charge >= 0.3 is 6.08 Å². The van der Waals surface area contributed by atoms with Crippen molar-refractivity contribution >= 4 is 11.6 Å². The molecule has 1 heterocycles. The molecule has 1 aromatic heterocycles. The summed E-state index contributed by atoms with van der Waals surface area (Å²) >= 11 is 5.62. The number of hydrogen-bond donors (Lipinski definition) is 0. The lowest BCUT2D eigenvalue weighted by molar-refractivity contribution is 0.330. The van der Waals surface area contributed by atoms with E-state index in [-0.39, 0.29) is 6.08 Å². The highest BCUT2D eigenvalue weighted by molar-refractivity contribution is 6.16. The van der Waals surface area contributed by atoms with E-state index in [9.17, 15) is 0 Å². The summed E-state index contributed by atoms with van der Waals surface area (Å²) in [5, 5.41) is 0. The van der Waals surface area contributed by atoms with E-state index < -0.39 is 0 Å². The summed E-state index contributed by atoms with van der Waals surface area (Å²) in [6.07, 6.45) is 1.71. The van der Waals surface area contributed by atoms with Crippen LogP contribution in [0.5, 0.6) is 11.8 Å².